The highest BCUT2D eigenvalue weighted by Gasteiger charge is 2.51. The molecule has 1 heterocycles. The Morgan fingerprint density at radius 1 is 0.882 bits per heavy atom. The lowest BCUT2D eigenvalue weighted by atomic mass is 10.0. The van der Waals surface area contributed by atoms with Gasteiger partial charge in [0.2, 0.25) is 0 Å². The van der Waals surface area contributed by atoms with Gasteiger partial charge in [-0.1, -0.05) is 36.4 Å². The number of carbonyl (C=O) groups excluding carboxylic acids is 2. The van der Waals surface area contributed by atoms with Gasteiger partial charge in [-0.2, -0.15) is 0 Å². The van der Waals surface area contributed by atoms with Crippen LogP contribution in [-0.4, -0.2) is 71.7 Å². The normalized spacial score (nSPS) is 20.6. The second-order valence-electron chi connectivity index (χ2n) is 10.1. The molecule has 180 valence electrons. The molecular formula is C26H30N2O5S. The summed E-state index contributed by atoms with van der Waals surface area (Å²) in [6.45, 7) is 3.56. The molecule has 0 spiro atoms. The summed E-state index contributed by atoms with van der Waals surface area (Å²) < 4.78 is 24.7. The molecule has 1 saturated heterocycles. The maximum absolute atomic E-state index is 13.0. The SMILES string of the molecule is CC1(S(=O)(=O)Cc2cccc(-c3ccc(C(=O)N4CCN(C(=O)C5(O)CC5)CC4)cc3)c2)CC1. The van der Waals surface area contributed by atoms with Gasteiger partial charge in [-0.15, -0.1) is 0 Å². The zero-order valence-electron chi connectivity index (χ0n) is 19.4. The van der Waals surface area contributed by atoms with E-state index in [1.165, 1.54) is 0 Å². The number of hydrogen-bond donors (Lipinski definition) is 1. The molecule has 0 unspecified atom stereocenters. The molecule has 3 aliphatic rings. The fourth-order valence-corrected chi connectivity index (χ4v) is 6.14. The number of hydrogen-bond acceptors (Lipinski definition) is 5. The Morgan fingerprint density at radius 2 is 1.50 bits per heavy atom. The largest absolute Gasteiger partial charge is 0.380 e. The summed E-state index contributed by atoms with van der Waals surface area (Å²) in [5.74, 6) is -0.258. The quantitative estimate of drug-likeness (QED) is 0.683. The summed E-state index contributed by atoms with van der Waals surface area (Å²) in [6.07, 6.45) is 2.51. The monoisotopic (exact) mass is 482 g/mol. The second-order valence-corrected chi connectivity index (χ2v) is 12.6. The number of nitrogens with zero attached hydrogens (tertiary/aromatic N) is 2. The zero-order chi connectivity index (χ0) is 24.1. The molecule has 2 amide bonds. The fraction of sp³-hybridized carbons (Fsp3) is 0.462. The lowest BCUT2D eigenvalue weighted by Gasteiger charge is -2.35. The predicted octanol–water partition coefficient (Wildman–Crippen LogP) is 2.63. The van der Waals surface area contributed by atoms with Gasteiger partial charge in [-0.3, -0.25) is 9.59 Å². The lowest BCUT2D eigenvalue weighted by molar-refractivity contribution is -0.143. The van der Waals surface area contributed by atoms with Crippen molar-refractivity contribution in [2.24, 2.45) is 0 Å². The summed E-state index contributed by atoms with van der Waals surface area (Å²) in [4.78, 5) is 28.6. The fourth-order valence-electron chi connectivity index (χ4n) is 4.45. The molecule has 2 aliphatic carbocycles. The maximum atomic E-state index is 13.0. The van der Waals surface area contributed by atoms with Crippen molar-refractivity contribution in [1.82, 2.24) is 9.80 Å². The Labute approximate surface area is 200 Å². The second kappa shape index (κ2) is 8.20. The smallest absolute Gasteiger partial charge is 0.254 e. The topological polar surface area (TPSA) is 95.0 Å². The summed E-state index contributed by atoms with van der Waals surface area (Å²) in [5.41, 5.74) is 2.01. The van der Waals surface area contributed by atoms with Crippen molar-refractivity contribution in [2.75, 3.05) is 26.2 Å². The molecule has 0 aromatic heterocycles. The van der Waals surface area contributed by atoms with Crippen LogP contribution in [0.4, 0.5) is 0 Å². The molecule has 1 aliphatic heterocycles. The van der Waals surface area contributed by atoms with Gasteiger partial charge in [0.25, 0.3) is 11.8 Å². The van der Waals surface area contributed by atoms with Gasteiger partial charge < -0.3 is 14.9 Å². The van der Waals surface area contributed by atoms with Crippen LogP contribution < -0.4 is 0 Å². The van der Waals surface area contributed by atoms with E-state index in [-0.39, 0.29) is 17.6 Å². The Bertz CT molecular complexity index is 1220. The molecule has 0 bridgehead atoms. The van der Waals surface area contributed by atoms with Crippen LogP contribution in [0.25, 0.3) is 11.1 Å². The van der Waals surface area contributed by atoms with Gasteiger partial charge in [0.15, 0.2) is 9.84 Å². The van der Waals surface area contributed by atoms with Crippen molar-refractivity contribution < 1.29 is 23.1 Å². The highest BCUT2D eigenvalue weighted by molar-refractivity contribution is 7.92. The third-order valence-corrected chi connectivity index (χ3v) is 10.1. The van der Waals surface area contributed by atoms with Crippen LogP contribution in [0.2, 0.25) is 0 Å². The van der Waals surface area contributed by atoms with E-state index >= 15 is 0 Å². The van der Waals surface area contributed by atoms with Crippen LogP contribution in [0.5, 0.6) is 0 Å². The number of rotatable bonds is 6. The Hall–Kier alpha value is -2.71. The molecule has 34 heavy (non-hydrogen) atoms. The van der Waals surface area contributed by atoms with E-state index in [2.05, 4.69) is 0 Å². The van der Waals surface area contributed by atoms with Crippen LogP contribution in [-0.2, 0) is 20.4 Å². The average Bonchev–Trinajstić information content (AvgIpc) is 3.77. The summed E-state index contributed by atoms with van der Waals surface area (Å²) in [5, 5.41) is 10.0. The van der Waals surface area contributed by atoms with Gasteiger partial charge in [-0.25, -0.2) is 8.42 Å². The Balaban J connectivity index is 1.23. The van der Waals surface area contributed by atoms with E-state index in [1.807, 2.05) is 43.3 Å². The summed E-state index contributed by atoms with van der Waals surface area (Å²) in [7, 11) is -3.17. The molecule has 7 nitrogen and oxygen atoms in total. The number of piperazine rings is 1. The first-order valence-electron chi connectivity index (χ1n) is 11.8. The lowest BCUT2D eigenvalue weighted by Crippen LogP contribution is -2.53. The van der Waals surface area contributed by atoms with Gasteiger partial charge in [0.05, 0.1) is 10.5 Å². The van der Waals surface area contributed by atoms with Crippen molar-refractivity contribution in [3.8, 4) is 11.1 Å². The third-order valence-electron chi connectivity index (χ3n) is 7.43. The van der Waals surface area contributed by atoms with Gasteiger partial charge in [0, 0.05) is 31.7 Å². The van der Waals surface area contributed by atoms with Gasteiger partial charge in [-0.05, 0) is 61.4 Å². The van der Waals surface area contributed by atoms with Crippen LogP contribution in [0.15, 0.2) is 48.5 Å². The van der Waals surface area contributed by atoms with E-state index in [1.54, 1.807) is 21.9 Å². The molecule has 0 radical (unpaired) electrons. The molecular weight excluding hydrogens is 452 g/mol. The number of carbonyl (C=O) groups is 2. The van der Waals surface area contributed by atoms with Crippen molar-refractivity contribution in [3.05, 3.63) is 59.7 Å². The van der Waals surface area contributed by atoms with E-state index in [9.17, 15) is 23.1 Å². The highest BCUT2D eigenvalue weighted by Crippen LogP contribution is 2.44. The summed E-state index contributed by atoms with van der Waals surface area (Å²) in [6, 6.07) is 14.9. The van der Waals surface area contributed by atoms with Crippen molar-refractivity contribution in [3.63, 3.8) is 0 Å². The Morgan fingerprint density at radius 3 is 2.09 bits per heavy atom. The Kier molecular flexibility index (Phi) is 5.56. The first-order valence-corrected chi connectivity index (χ1v) is 13.5. The van der Waals surface area contributed by atoms with Gasteiger partial charge >= 0.3 is 0 Å². The molecule has 1 N–H and O–H groups in total. The zero-order valence-corrected chi connectivity index (χ0v) is 20.2. The van der Waals surface area contributed by atoms with Crippen LogP contribution in [0.1, 0.15) is 48.5 Å². The molecule has 2 aromatic carbocycles. The highest BCUT2D eigenvalue weighted by atomic mass is 32.2. The number of benzene rings is 2. The maximum Gasteiger partial charge on any atom is 0.254 e. The van der Waals surface area contributed by atoms with E-state index in [4.69, 9.17) is 0 Å². The molecule has 2 saturated carbocycles. The average molecular weight is 483 g/mol. The molecule has 3 fully saturated rings. The molecule has 5 rings (SSSR count). The first-order chi connectivity index (χ1) is 16.1. The summed E-state index contributed by atoms with van der Waals surface area (Å²) >= 11 is 0. The standard InChI is InChI=1S/C26H30N2O5S/c1-25(9-10-25)34(32,33)18-19-3-2-4-22(17-19)20-5-7-21(8-6-20)23(29)27-13-15-28(16-14-27)24(30)26(31)11-12-26/h2-8,17,31H,9-16,18H2,1H3. The van der Waals surface area contributed by atoms with Crippen molar-refractivity contribution >= 4 is 21.7 Å². The molecule has 8 heteroatoms. The predicted molar refractivity (Wildman–Crippen MR) is 129 cm³/mol. The van der Waals surface area contributed by atoms with E-state index in [0.29, 0.717) is 44.6 Å². The molecule has 0 atom stereocenters. The van der Waals surface area contributed by atoms with Crippen molar-refractivity contribution in [2.45, 2.75) is 48.7 Å². The number of amides is 2. The number of sulfone groups is 1. The van der Waals surface area contributed by atoms with Crippen LogP contribution in [0.3, 0.4) is 0 Å². The van der Waals surface area contributed by atoms with Gasteiger partial charge in [0.1, 0.15) is 5.60 Å². The number of aliphatic hydroxyl groups is 1. The minimum atomic E-state index is -3.17. The molecule has 2 aromatic rings. The van der Waals surface area contributed by atoms with E-state index in [0.717, 1.165) is 29.5 Å². The first kappa shape index (κ1) is 23.1. The van der Waals surface area contributed by atoms with Crippen LogP contribution in [0, 0.1) is 0 Å². The van der Waals surface area contributed by atoms with Crippen molar-refractivity contribution in [1.29, 1.82) is 0 Å². The van der Waals surface area contributed by atoms with E-state index < -0.39 is 20.2 Å². The minimum Gasteiger partial charge on any atom is -0.380 e. The minimum absolute atomic E-state index is 0.0415. The van der Waals surface area contributed by atoms with Crippen LogP contribution >= 0.6 is 0 Å². The third kappa shape index (κ3) is 4.36.